The molecule has 1 aliphatic heterocycles. The Labute approximate surface area is 171 Å². The summed E-state index contributed by atoms with van der Waals surface area (Å²) in [5, 5.41) is 10.0. The number of halogens is 1. The van der Waals surface area contributed by atoms with Crippen molar-refractivity contribution >= 4 is 33.3 Å². The SMILES string of the molecule is CN=C(NCCC(=O)NC1CCS(=O)(=O)C1)NCC1(c2cccc(Cl)c2)CC1. The fourth-order valence-corrected chi connectivity index (χ4v) is 5.38. The van der Waals surface area contributed by atoms with E-state index in [4.69, 9.17) is 11.6 Å². The molecule has 154 valence electrons. The molecule has 0 radical (unpaired) electrons. The Bertz CT molecular complexity index is 852. The van der Waals surface area contributed by atoms with Crippen LogP contribution >= 0.6 is 11.6 Å². The van der Waals surface area contributed by atoms with E-state index < -0.39 is 9.84 Å². The lowest BCUT2D eigenvalue weighted by Gasteiger charge is -2.19. The van der Waals surface area contributed by atoms with Crippen LogP contribution in [-0.2, 0) is 20.0 Å². The van der Waals surface area contributed by atoms with Crippen LogP contribution in [0.3, 0.4) is 0 Å². The molecule has 2 fully saturated rings. The van der Waals surface area contributed by atoms with Crippen LogP contribution in [0.25, 0.3) is 0 Å². The molecular weight excluding hydrogens is 400 g/mol. The number of rotatable bonds is 7. The third-order valence-electron chi connectivity index (χ3n) is 5.35. The first-order chi connectivity index (χ1) is 13.3. The topological polar surface area (TPSA) is 99.7 Å². The fourth-order valence-electron chi connectivity index (χ4n) is 3.51. The minimum absolute atomic E-state index is 0.0426. The minimum Gasteiger partial charge on any atom is -0.356 e. The highest BCUT2D eigenvalue weighted by molar-refractivity contribution is 7.91. The Balaban J connectivity index is 1.40. The molecular formula is C19H27ClN4O3S. The number of benzene rings is 1. The molecule has 1 aromatic carbocycles. The lowest BCUT2D eigenvalue weighted by Crippen LogP contribution is -2.43. The Morgan fingerprint density at radius 2 is 2.11 bits per heavy atom. The normalized spacial score (nSPS) is 22.5. The van der Waals surface area contributed by atoms with Gasteiger partial charge in [0.15, 0.2) is 15.8 Å². The number of carbonyl (C=O) groups is 1. The van der Waals surface area contributed by atoms with Crippen LogP contribution in [0.5, 0.6) is 0 Å². The maximum Gasteiger partial charge on any atom is 0.222 e. The first kappa shape index (κ1) is 20.9. The average Bonchev–Trinajstić information content (AvgIpc) is 3.36. The molecule has 28 heavy (non-hydrogen) atoms. The third kappa shape index (κ3) is 5.61. The molecule has 1 heterocycles. The predicted molar refractivity (Wildman–Crippen MR) is 112 cm³/mol. The van der Waals surface area contributed by atoms with Crippen molar-refractivity contribution in [2.45, 2.75) is 37.1 Å². The molecule has 2 aliphatic rings. The van der Waals surface area contributed by atoms with E-state index in [1.54, 1.807) is 7.05 Å². The van der Waals surface area contributed by atoms with Crippen LogP contribution in [0.1, 0.15) is 31.2 Å². The zero-order valence-electron chi connectivity index (χ0n) is 16.0. The summed E-state index contributed by atoms with van der Waals surface area (Å²) in [4.78, 5) is 16.2. The molecule has 1 atom stereocenters. The molecule has 0 spiro atoms. The van der Waals surface area contributed by atoms with Gasteiger partial charge in [-0.25, -0.2) is 8.42 Å². The van der Waals surface area contributed by atoms with Gasteiger partial charge < -0.3 is 16.0 Å². The molecule has 1 unspecified atom stereocenters. The standard InChI is InChI=1S/C19H27ClN4O3S/c1-21-18(22-9-5-17(25)24-16-6-10-28(26,27)12-16)23-13-19(7-8-19)14-3-2-4-15(20)11-14/h2-4,11,16H,5-10,12-13H2,1H3,(H,24,25)(H2,21,22,23). The van der Waals surface area contributed by atoms with Gasteiger partial charge in [-0.3, -0.25) is 9.79 Å². The second-order valence-corrected chi connectivity index (χ2v) is 10.2. The number of hydrogen-bond donors (Lipinski definition) is 3. The first-order valence-electron chi connectivity index (χ1n) is 9.52. The van der Waals surface area contributed by atoms with Crippen molar-refractivity contribution in [3.8, 4) is 0 Å². The van der Waals surface area contributed by atoms with Gasteiger partial charge in [0, 0.05) is 43.0 Å². The Hall–Kier alpha value is -1.80. The summed E-state index contributed by atoms with van der Waals surface area (Å²) in [7, 11) is -1.30. The van der Waals surface area contributed by atoms with Crippen LogP contribution < -0.4 is 16.0 Å². The Kier molecular flexibility index (Phi) is 6.50. The van der Waals surface area contributed by atoms with E-state index in [0.29, 0.717) is 18.9 Å². The second-order valence-electron chi connectivity index (χ2n) is 7.56. The van der Waals surface area contributed by atoms with Gasteiger partial charge in [-0.15, -0.1) is 0 Å². The summed E-state index contributed by atoms with van der Waals surface area (Å²) in [5.41, 5.74) is 1.32. The van der Waals surface area contributed by atoms with Gasteiger partial charge in [-0.1, -0.05) is 23.7 Å². The molecule has 9 heteroatoms. The Morgan fingerprint density at radius 3 is 2.71 bits per heavy atom. The quantitative estimate of drug-likeness (QED) is 0.450. The Morgan fingerprint density at radius 1 is 1.32 bits per heavy atom. The summed E-state index contributed by atoms with van der Waals surface area (Å²) in [6.45, 7) is 1.17. The number of amides is 1. The number of nitrogens with one attached hydrogen (secondary N) is 3. The van der Waals surface area contributed by atoms with Crippen LogP contribution in [0.4, 0.5) is 0 Å². The van der Waals surface area contributed by atoms with Crippen molar-refractivity contribution in [3.63, 3.8) is 0 Å². The van der Waals surface area contributed by atoms with Gasteiger partial charge in [-0.2, -0.15) is 0 Å². The molecule has 7 nitrogen and oxygen atoms in total. The minimum atomic E-state index is -2.99. The summed E-state index contributed by atoms with van der Waals surface area (Å²) < 4.78 is 22.9. The van der Waals surface area contributed by atoms with Crippen molar-refractivity contribution in [2.24, 2.45) is 4.99 Å². The largest absolute Gasteiger partial charge is 0.356 e. The van der Waals surface area contributed by atoms with Crippen LogP contribution in [-0.4, -0.2) is 58.0 Å². The number of aliphatic imine (C=N–C) groups is 1. The second kappa shape index (κ2) is 8.69. The van der Waals surface area contributed by atoms with E-state index >= 15 is 0 Å². The number of sulfone groups is 1. The van der Waals surface area contributed by atoms with Crippen molar-refractivity contribution in [1.82, 2.24) is 16.0 Å². The van der Waals surface area contributed by atoms with Gasteiger partial charge in [0.2, 0.25) is 5.91 Å². The maximum atomic E-state index is 12.0. The van der Waals surface area contributed by atoms with Crippen molar-refractivity contribution in [3.05, 3.63) is 34.9 Å². The van der Waals surface area contributed by atoms with Crippen molar-refractivity contribution in [1.29, 1.82) is 0 Å². The molecule has 1 aliphatic carbocycles. The van der Waals surface area contributed by atoms with Gasteiger partial charge in [0.1, 0.15) is 0 Å². The average molecular weight is 427 g/mol. The number of hydrogen-bond acceptors (Lipinski definition) is 4. The third-order valence-corrected chi connectivity index (χ3v) is 7.35. The van der Waals surface area contributed by atoms with E-state index in [2.05, 4.69) is 27.0 Å². The fraction of sp³-hybridized carbons (Fsp3) is 0.579. The molecule has 1 amide bonds. The van der Waals surface area contributed by atoms with E-state index in [1.807, 2.05) is 18.2 Å². The van der Waals surface area contributed by atoms with Gasteiger partial charge >= 0.3 is 0 Å². The summed E-state index contributed by atoms with van der Waals surface area (Å²) in [6.07, 6.45) is 2.96. The van der Waals surface area contributed by atoms with Crippen LogP contribution in [0, 0.1) is 0 Å². The van der Waals surface area contributed by atoms with Crippen LogP contribution in [0.2, 0.25) is 5.02 Å². The monoisotopic (exact) mass is 426 g/mol. The van der Waals surface area contributed by atoms with E-state index in [1.165, 1.54) is 5.56 Å². The zero-order chi connectivity index (χ0) is 20.2. The van der Waals surface area contributed by atoms with Gasteiger partial charge in [0.05, 0.1) is 11.5 Å². The summed E-state index contributed by atoms with van der Waals surface area (Å²) in [5.74, 6) is 0.689. The summed E-state index contributed by atoms with van der Waals surface area (Å²) in [6, 6.07) is 7.70. The molecule has 1 saturated heterocycles. The van der Waals surface area contributed by atoms with E-state index in [0.717, 1.165) is 24.4 Å². The van der Waals surface area contributed by atoms with Crippen LogP contribution in [0.15, 0.2) is 29.3 Å². The zero-order valence-corrected chi connectivity index (χ0v) is 17.6. The summed E-state index contributed by atoms with van der Waals surface area (Å²) >= 11 is 6.12. The number of nitrogens with zero attached hydrogens (tertiary/aromatic N) is 1. The molecule has 3 rings (SSSR count). The smallest absolute Gasteiger partial charge is 0.222 e. The lowest BCUT2D eigenvalue weighted by molar-refractivity contribution is -0.121. The molecule has 1 aromatic rings. The van der Waals surface area contributed by atoms with Crippen molar-refractivity contribution < 1.29 is 13.2 Å². The predicted octanol–water partition coefficient (Wildman–Crippen LogP) is 1.23. The number of guanidine groups is 1. The molecule has 3 N–H and O–H groups in total. The van der Waals surface area contributed by atoms with Gasteiger partial charge in [-0.05, 0) is 37.0 Å². The van der Waals surface area contributed by atoms with Crippen molar-refractivity contribution in [2.75, 3.05) is 31.6 Å². The molecule has 0 aromatic heterocycles. The number of carbonyl (C=O) groups excluding carboxylic acids is 1. The van der Waals surface area contributed by atoms with E-state index in [9.17, 15) is 13.2 Å². The molecule has 1 saturated carbocycles. The maximum absolute atomic E-state index is 12.0. The highest BCUT2D eigenvalue weighted by Gasteiger charge is 2.44. The van der Waals surface area contributed by atoms with E-state index in [-0.39, 0.29) is 35.3 Å². The highest BCUT2D eigenvalue weighted by atomic mass is 35.5. The molecule has 0 bridgehead atoms. The highest BCUT2D eigenvalue weighted by Crippen LogP contribution is 2.48. The van der Waals surface area contributed by atoms with Gasteiger partial charge in [0.25, 0.3) is 0 Å². The lowest BCUT2D eigenvalue weighted by atomic mass is 9.96. The first-order valence-corrected chi connectivity index (χ1v) is 11.7.